The fraction of sp³-hybridized carbons (Fsp3) is 0.586. The predicted molar refractivity (Wildman–Crippen MR) is 143 cm³/mol. The molecule has 210 valence electrons. The fourth-order valence-electron chi connectivity index (χ4n) is 4.76. The molecule has 8 nitrogen and oxygen atoms in total. The fourth-order valence-corrected chi connectivity index (χ4v) is 4.76. The summed E-state index contributed by atoms with van der Waals surface area (Å²) in [5.41, 5.74) is 5.78. The summed E-state index contributed by atoms with van der Waals surface area (Å²) in [6.45, 7) is 9.02. The summed E-state index contributed by atoms with van der Waals surface area (Å²) in [6.07, 6.45) is 1.74. The van der Waals surface area contributed by atoms with E-state index in [0.717, 1.165) is 5.56 Å². The van der Waals surface area contributed by atoms with Crippen LogP contribution in [0.1, 0.15) is 64.9 Å². The van der Waals surface area contributed by atoms with Crippen molar-refractivity contribution in [3.8, 4) is 0 Å². The Bertz CT molecular complexity index is 976. The van der Waals surface area contributed by atoms with Crippen LogP contribution in [0.3, 0.4) is 0 Å². The molecule has 0 spiro atoms. The molecule has 1 aromatic carbocycles. The molecule has 1 fully saturated rings. The normalized spacial score (nSPS) is 16.9. The number of carbonyl (C=O) groups excluding carboxylic acids is 4. The van der Waals surface area contributed by atoms with Crippen molar-refractivity contribution in [1.29, 1.82) is 0 Å². The van der Waals surface area contributed by atoms with Crippen molar-refractivity contribution in [2.75, 3.05) is 19.8 Å². The lowest BCUT2D eigenvalue weighted by Crippen LogP contribution is -2.47. The van der Waals surface area contributed by atoms with Crippen molar-refractivity contribution >= 4 is 23.4 Å². The van der Waals surface area contributed by atoms with Crippen LogP contribution in [-0.2, 0) is 30.5 Å². The maximum Gasteiger partial charge on any atom is 0.306 e. The van der Waals surface area contributed by atoms with Gasteiger partial charge < -0.3 is 20.7 Å². The van der Waals surface area contributed by atoms with Crippen LogP contribution in [0.5, 0.6) is 0 Å². The molecule has 9 heteroatoms. The van der Waals surface area contributed by atoms with E-state index in [-0.39, 0.29) is 31.1 Å². The van der Waals surface area contributed by atoms with Crippen molar-refractivity contribution in [1.82, 2.24) is 10.2 Å². The van der Waals surface area contributed by atoms with E-state index in [9.17, 15) is 23.6 Å². The molecule has 0 bridgehead atoms. The van der Waals surface area contributed by atoms with Crippen molar-refractivity contribution in [2.24, 2.45) is 23.0 Å². The number of nitrogens with two attached hydrogens (primary N) is 1. The first-order valence-electron chi connectivity index (χ1n) is 13.2. The molecule has 3 N–H and O–H groups in total. The number of nitrogens with zero attached hydrogens (tertiary/aromatic N) is 1. The number of likely N-dealkylation sites (tertiary alicyclic amines) is 1. The van der Waals surface area contributed by atoms with Crippen LogP contribution in [0.15, 0.2) is 42.7 Å². The molecule has 0 radical (unpaired) electrons. The highest BCUT2D eigenvalue weighted by Crippen LogP contribution is 2.34. The smallest absolute Gasteiger partial charge is 0.306 e. The minimum Gasteiger partial charge on any atom is -0.461 e. The molecule has 1 aliphatic heterocycles. The van der Waals surface area contributed by atoms with E-state index in [2.05, 4.69) is 11.9 Å². The van der Waals surface area contributed by atoms with Gasteiger partial charge >= 0.3 is 5.97 Å². The van der Waals surface area contributed by atoms with E-state index in [4.69, 9.17) is 10.5 Å². The second-order valence-electron chi connectivity index (χ2n) is 11.0. The van der Waals surface area contributed by atoms with Crippen molar-refractivity contribution < 1.29 is 28.3 Å². The van der Waals surface area contributed by atoms with E-state index in [1.165, 1.54) is 0 Å². The summed E-state index contributed by atoms with van der Waals surface area (Å²) >= 11 is 0. The Labute approximate surface area is 225 Å². The number of ketones is 2. The van der Waals surface area contributed by atoms with Crippen LogP contribution >= 0.6 is 0 Å². The third-order valence-corrected chi connectivity index (χ3v) is 6.98. The maximum absolute atomic E-state index is 13.7. The molecule has 1 amide bonds. The van der Waals surface area contributed by atoms with Gasteiger partial charge in [-0.05, 0) is 36.7 Å². The Balaban J connectivity index is 2.06. The molecule has 0 aromatic heterocycles. The van der Waals surface area contributed by atoms with E-state index in [0.29, 0.717) is 44.6 Å². The van der Waals surface area contributed by atoms with Crippen LogP contribution in [0.25, 0.3) is 0 Å². The quantitative estimate of drug-likeness (QED) is 0.262. The first-order valence-corrected chi connectivity index (χ1v) is 13.2. The highest BCUT2D eigenvalue weighted by Gasteiger charge is 2.42. The number of carbonyl (C=O) groups is 4. The van der Waals surface area contributed by atoms with E-state index < -0.39 is 41.7 Å². The van der Waals surface area contributed by atoms with Crippen LogP contribution in [0.2, 0.25) is 0 Å². The molecule has 0 saturated carbocycles. The Morgan fingerprint density at radius 2 is 1.87 bits per heavy atom. The van der Waals surface area contributed by atoms with E-state index in [1.54, 1.807) is 4.90 Å². The molecule has 3 atom stereocenters. The highest BCUT2D eigenvalue weighted by atomic mass is 19.1. The number of amides is 1. The lowest BCUT2D eigenvalue weighted by atomic mass is 9.77. The number of nitrogens with one attached hydrogen (secondary N) is 1. The predicted octanol–water partition coefficient (Wildman–Crippen LogP) is 3.69. The number of rotatable bonds is 15. The topological polar surface area (TPSA) is 119 Å². The van der Waals surface area contributed by atoms with Gasteiger partial charge in [0.1, 0.15) is 13.3 Å². The van der Waals surface area contributed by atoms with Gasteiger partial charge in [0.25, 0.3) is 0 Å². The standard InChI is InChI=1S/C29H42FN3O5/c1-20(31)32-14-8-12-22(26(35)18-30)16-25(34)24-13-9-15-33(24)28(37)23(29(2,3)4)17-27(36)38-19-21-10-6-5-7-11-21/h5-7,10-11,22-24,32H,1,8-9,12-19,31H2,2-4H3/t22-,23-,24+/m1/s1. The van der Waals surface area contributed by atoms with Crippen molar-refractivity contribution in [3.63, 3.8) is 0 Å². The van der Waals surface area contributed by atoms with Crippen molar-refractivity contribution in [2.45, 2.75) is 71.9 Å². The van der Waals surface area contributed by atoms with Gasteiger partial charge in [0, 0.05) is 25.4 Å². The van der Waals surface area contributed by atoms with Gasteiger partial charge in [-0.1, -0.05) is 57.7 Å². The molecule has 1 heterocycles. The summed E-state index contributed by atoms with van der Waals surface area (Å²) in [6, 6.07) is 8.60. The van der Waals surface area contributed by atoms with Crippen molar-refractivity contribution in [3.05, 3.63) is 48.3 Å². The molecule has 1 saturated heterocycles. The number of alkyl halides is 1. The Morgan fingerprint density at radius 1 is 1.18 bits per heavy atom. The summed E-state index contributed by atoms with van der Waals surface area (Å²) in [5, 5.41) is 2.85. The third-order valence-electron chi connectivity index (χ3n) is 6.98. The van der Waals surface area contributed by atoms with Gasteiger partial charge in [-0.25, -0.2) is 4.39 Å². The van der Waals surface area contributed by atoms with Crippen LogP contribution < -0.4 is 11.1 Å². The zero-order chi connectivity index (χ0) is 28.3. The molecule has 0 unspecified atom stereocenters. The van der Waals surface area contributed by atoms with Gasteiger partial charge in [-0.2, -0.15) is 0 Å². The molecule has 1 aromatic rings. The number of esters is 1. The van der Waals surface area contributed by atoms with E-state index in [1.807, 2.05) is 51.1 Å². The third kappa shape index (κ3) is 9.58. The largest absolute Gasteiger partial charge is 0.461 e. The van der Waals surface area contributed by atoms with Gasteiger partial charge in [0.05, 0.1) is 24.2 Å². The maximum atomic E-state index is 13.7. The zero-order valence-corrected chi connectivity index (χ0v) is 22.8. The number of hydrogen-bond donors (Lipinski definition) is 2. The summed E-state index contributed by atoms with van der Waals surface area (Å²) in [5.74, 6) is -2.77. The highest BCUT2D eigenvalue weighted by molar-refractivity contribution is 5.94. The molecule has 2 rings (SSSR count). The van der Waals surface area contributed by atoms with Gasteiger partial charge in [-0.3, -0.25) is 19.2 Å². The van der Waals surface area contributed by atoms with E-state index >= 15 is 0 Å². The lowest BCUT2D eigenvalue weighted by Gasteiger charge is -2.34. The number of benzene rings is 1. The Hall–Kier alpha value is -3.23. The minimum atomic E-state index is -1.14. The summed E-state index contributed by atoms with van der Waals surface area (Å²) in [4.78, 5) is 53.4. The second kappa shape index (κ2) is 14.6. The zero-order valence-electron chi connectivity index (χ0n) is 22.8. The van der Waals surface area contributed by atoms with Gasteiger partial charge in [-0.15, -0.1) is 0 Å². The van der Waals surface area contributed by atoms with Crippen LogP contribution in [-0.4, -0.2) is 54.1 Å². The average Bonchev–Trinajstić information content (AvgIpc) is 3.37. The molecule has 0 aliphatic carbocycles. The first kappa shape index (κ1) is 31.0. The number of hydrogen-bond acceptors (Lipinski definition) is 7. The monoisotopic (exact) mass is 531 g/mol. The number of halogens is 1. The van der Waals surface area contributed by atoms with Gasteiger partial charge in [0.15, 0.2) is 11.6 Å². The Kier molecular flexibility index (Phi) is 11.9. The SMILES string of the molecule is C=C(N)NCCC[C@H](CC(=O)[C@@H]1CCCN1C(=O)[C@@H](CC(=O)OCc1ccccc1)C(C)(C)C)C(=O)CF. The van der Waals surface area contributed by atoms with Crippen LogP contribution in [0, 0.1) is 17.3 Å². The number of Topliss-reactive ketones (excluding diaryl/α,β-unsaturated/α-hetero) is 2. The molecule has 1 aliphatic rings. The first-order chi connectivity index (χ1) is 17.9. The minimum absolute atomic E-state index is 0.102. The van der Waals surface area contributed by atoms with Gasteiger partial charge in [0.2, 0.25) is 5.91 Å². The summed E-state index contributed by atoms with van der Waals surface area (Å²) in [7, 11) is 0. The second-order valence-corrected chi connectivity index (χ2v) is 11.0. The molecule has 38 heavy (non-hydrogen) atoms. The average molecular weight is 532 g/mol. The Morgan fingerprint density at radius 3 is 2.47 bits per heavy atom. The summed E-state index contributed by atoms with van der Waals surface area (Å²) < 4.78 is 18.6. The molecular formula is C29H42FN3O5. The molecular weight excluding hydrogens is 489 g/mol. The van der Waals surface area contributed by atoms with Crippen LogP contribution in [0.4, 0.5) is 4.39 Å². The lowest BCUT2D eigenvalue weighted by molar-refractivity contribution is -0.154. The number of ether oxygens (including phenoxy) is 1.